The third-order valence-corrected chi connectivity index (χ3v) is 3.15. The molecule has 0 saturated heterocycles. The summed E-state index contributed by atoms with van der Waals surface area (Å²) in [6.45, 7) is 0. The molecule has 0 atom stereocenters. The van der Waals surface area contributed by atoms with Gasteiger partial charge in [0.05, 0.1) is 10.5 Å². The fraction of sp³-hybridized carbons (Fsp3) is 0.125. The van der Waals surface area contributed by atoms with Gasteiger partial charge in [-0.15, -0.1) is 4.72 Å². The quantitative estimate of drug-likeness (QED) is 0.648. The van der Waals surface area contributed by atoms with Crippen molar-refractivity contribution in [3.05, 3.63) is 29.6 Å². The van der Waals surface area contributed by atoms with Crippen molar-refractivity contribution in [2.24, 2.45) is 0 Å². The van der Waals surface area contributed by atoms with Crippen molar-refractivity contribution < 1.29 is 35.9 Å². The molecule has 0 heterocycles. The van der Waals surface area contributed by atoms with Gasteiger partial charge in [-0.25, -0.2) is 17.6 Å². The maximum Gasteiger partial charge on any atom is 0.470 e. The Bertz CT molecular complexity index is 581. The standard InChI is InChI=1S/C8H5F4NO4S/c9-4-1-2-6(5(3-4)7(14)15)18(16,17)13-8(10,11)12/h1-3,13H,(H,14,15). The van der Waals surface area contributed by atoms with Gasteiger partial charge < -0.3 is 5.11 Å². The number of hydrogen-bond acceptors (Lipinski definition) is 3. The fourth-order valence-electron chi connectivity index (χ4n) is 1.11. The number of rotatable bonds is 3. The number of carboxylic acids is 1. The lowest BCUT2D eigenvalue weighted by Gasteiger charge is -2.11. The van der Waals surface area contributed by atoms with Crippen LogP contribution in [0.25, 0.3) is 0 Å². The van der Waals surface area contributed by atoms with E-state index in [1.807, 2.05) is 0 Å². The Balaban J connectivity index is 3.37. The molecule has 0 spiro atoms. The summed E-state index contributed by atoms with van der Waals surface area (Å²) in [5.74, 6) is -2.95. The lowest BCUT2D eigenvalue weighted by atomic mass is 10.2. The van der Waals surface area contributed by atoms with Crippen LogP contribution in [-0.2, 0) is 10.0 Å². The molecular weight excluding hydrogens is 282 g/mol. The molecule has 1 aromatic carbocycles. The number of alkyl halides is 3. The summed E-state index contributed by atoms with van der Waals surface area (Å²) >= 11 is 0. The fourth-order valence-corrected chi connectivity index (χ4v) is 2.21. The van der Waals surface area contributed by atoms with Crippen LogP contribution in [-0.4, -0.2) is 25.8 Å². The summed E-state index contributed by atoms with van der Waals surface area (Å²) in [6.07, 6.45) is -5.26. The lowest BCUT2D eigenvalue weighted by molar-refractivity contribution is -0.138. The average molecular weight is 287 g/mol. The van der Waals surface area contributed by atoms with E-state index in [1.165, 1.54) is 0 Å². The normalized spacial score (nSPS) is 12.4. The van der Waals surface area contributed by atoms with Crippen molar-refractivity contribution in [3.63, 3.8) is 0 Å². The second-order valence-corrected chi connectivity index (χ2v) is 4.70. The maximum absolute atomic E-state index is 12.7. The monoisotopic (exact) mass is 287 g/mol. The zero-order chi connectivity index (χ0) is 14.1. The van der Waals surface area contributed by atoms with Gasteiger partial charge in [-0.1, -0.05) is 0 Å². The molecule has 100 valence electrons. The molecule has 0 bridgehead atoms. The smallest absolute Gasteiger partial charge is 0.470 e. The van der Waals surface area contributed by atoms with E-state index < -0.39 is 38.6 Å². The number of aromatic carboxylic acids is 1. The molecule has 0 aliphatic heterocycles. The van der Waals surface area contributed by atoms with Crippen LogP contribution in [0.3, 0.4) is 0 Å². The van der Waals surface area contributed by atoms with Gasteiger partial charge in [0.1, 0.15) is 5.82 Å². The van der Waals surface area contributed by atoms with Crippen LogP contribution >= 0.6 is 0 Å². The Kier molecular flexibility index (Phi) is 3.62. The third-order valence-electron chi connectivity index (χ3n) is 1.71. The topological polar surface area (TPSA) is 83.5 Å². The van der Waals surface area contributed by atoms with Crippen LogP contribution in [0.5, 0.6) is 0 Å². The molecule has 0 amide bonds. The zero-order valence-electron chi connectivity index (χ0n) is 8.32. The van der Waals surface area contributed by atoms with Gasteiger partial charge in [-0.2, -0.15) is 13.2 Å². The molecule has 0 unspecified atom stereocenters. The first-order chi connectivity index (χ1) is 8.03. The Hall–Kier alpha value is -1.68. The van der Waals surface area contributed by atoms with Gasteiger partial charge >= 0.3 is 12.3 Å². The van der Waals surface area contributed by atoms with Crippen molar-refractivity contribution >= 4 is 16.0 Å². The summed E-state index contributed by atoms with van der Waals surface area (Å²) in [5, 5.41) is 8.61. The van der Waals surface area contributed by atoms with E-state index >= 15 is 0 Å². The number of carbonyl (C=O) groups is 1. The Morgan fingerprint density at radius 3 is 2.28 bits per heavy atom. The molecule has 0 fully saturated rings. The van der Waals surface area contributed by atoms with Crippen LogP contribution in [0.4, 0.5) is 17.6 Å². The van der Waals surface area contributed by atoms with Gasteiger partial charge in [0, 0.05) is 0 Å². The van der Waals surface area contributed by atoms with Crippen molar-refractivity contribution in [2.45, 2.75) is 11.2 Å². The minimum atomic E-state index is -5.26. The van der Waals surface area contributed by atoms with E-state index in [9.17, 15) is 30.8 Å². The van der Waals surface area contributed by atoms with Gasteiger partial charge in [-0.05, 0) is 18.2 Å². The highest BCUT2D eigenvalue weighted by Gasteiger charge is 2.36. The Labute approximate surface area is 98.1 Å². The van der Waals surface area contributed by atoms with Crippen molar-refractivity contribution in [1.29, 1.82) is 0 Å². The predicted octanol–water partition coefficient (Wildman–Crippen LogP) is 1.32. The molecule has 0 aliphatic rings. The molecule has 1 rings (SSSR count). The number of hydrogen-bond donors (Lipinski definition) is 2. The van der Waals surface area contributed by atoms with Crippen molar-refractivity contribution in [3.8, 4) is 0 Å². The summed E-state index contributed by atoms with van der Waals surface area (Å²) in [7, 11) is -5.13. The average Bonchev–Trinajstić information content (AvgIpc) is 2.12. The minimum absolute atomic E-state index is 0.313. The number of carboxylic acid groups (broad SMARTS) is 1. The third kappa shape index (κ3) is 3.40. The van der Waals surface area contributed by atoms with E-state index in [0.29, 0.717) is 22.9 Å². The molecule has 2 N–H and O–H groups in total. The van der Waals surface area contributed by atoms with E-state index in [-0.39, 0.29) is 0 Å². The highest BCUT2D eigenvalue weighted by Crippen LogP contribution is 2.21. The van der Waals surface area contributed by atoms with Gasteiger partial charge in [0.25, 0.3) is 0 Å². The molecule has 10 heteroatoms. The Morgan fingerprint density at radius 2 is 1.83 bits per heavy atom. The van der Waals surface area contributed by atoms with Crippen LogP contribution < -0.4 is 4.72 Å². The number of halogens is 4. The first kappa shape index (κ1) is 14.4. The molecule has 0 aliphatic carbocycles. The van der Waals surface area contributed by atoms with Crippen LogP contribution in [0.2, 0.25) is 0 Å². The van der Waals surface area contributed by atoms with E-state index in [1.54, 1.807) is 0 Å². The number of sulfonamides is 1. The maximum atomic E-state index is 12.7. The summed E-state index contributed by atoms with van der Waals surface area (Å²) in [4.78, 5) is 9.47. The summed E-state index contributed by atoms with van der Waals surface area (Å²) in [5.41, 5.74) is -1.09. The van der Waals surface area contributed by atoms with Crippen LogP contribution in [0.15, 0.2) is 23.1 Å². The van der Waals surface area contributed by atoms with Crippen molar-refractivity contribution in [1.82, 2.24) is 4.72 Å². The summed E-state index contributed by atoms with van der Waals surface area (Å²) < 4.78 is 71.4. The highest BCUT2D eigenvalue weighted by atomic mass is 32.2. The van der Waals surface area contributed by atoms with E-state index in [4.69, 9.17) is 5.11 Å². The molecule has 0 radical (unpaired) electrons. The second-order valence-electron chi connectivity index (χ2n) is 3.05. The first-order valence-corrected chi connectivity index (χ1v) is 5.65. The molecular formula is C8H5F4NO4S. The predicted molar refractivity (Wildman–Crippen MR) is 49.7 cm³/mol. The van der Waals surface area contributed by atoms with Gasteiger partial charge in [0.2, 0.25) is 10.0 Å². The van der Waals surface area contributed by atoms with Crippen LogP contribution in [0.1, 0.15) is 10.4 Å². The molecule has 18 heavy (non-hydrogen) atoms. The lowest BCUT2D eigenvalue weighted by Crippen LogP contribution is -2.37. The number of nitrogens with one attached hydrogen (secondary N) is 1. The molecule has 0 saturated carbocycles. The minimum Gasteiger partial charge on any atom is -0.478 e. The van der Waals surface area contributed by atoms with Crippen LogP contribution in [0, 0.1) is 5.82 Å². The largest absolute Gasteiger partial charge is 0.478 e. The Morgan fingerprint density at radius 1 is 1.28 bits per heavy atom. The van der Waals surface area contributed by atoms with Crippen molar-refractivity contribution in [2.75, 3.05) is 0 Å². The number of benzene rings is 1. The van der Waals surface area contributed by atoms with Gasteiger partial charge in [-0.3, -0.25) is 0 Å². The summed E-state index contributed by atoms with van der Waals surface area (Å²) in [6, 6.07) is 1.29. The molecule has 0 aromatic heterocycles. The van der Waals surface area contributed by atoms with E-state index in [0.717, 1.165) is 0 Å². The highest BCUT2D eigenvalue weighted by molar-refractivity contribution is 7.89. The van der Waals surface area contributed by atoms with E-state index in [2.05, 4.69) is 0 Å². The second kappa shape index (κ2) is 4.53. The van der Waals surface area contributed by atoms with Gasteiger partial charge in [0.15, 0.2) is 0 Å². The zero-order valence-corrected chi connectivity index (χ0v) is 9.14. The molecule has 5 nitrogen and oxygen atoms in total. The SMILES string of the molecule is O=C(O)c1cc(F)ccc1S(=O)(=O)NC(F)(F)F. The molecule has 1 aromatic rings. The first-order valence-electron chi connectivity index (χ1n) is 4.16.